The Hall–Kier alpha value is -2.09. The number of carbonyl (C=O) groups is 2. The van der Waals surface area contributed by atoms with Crippen LogP contribution < -0.4 is 4.90 Å². The van der Waals surface area contributed by atoms with Gasteiger partial charge in [-0.1, -0.05) is 0 Å². The summed E-state index contributed by atoms with van der Waals surface area (Å²) in [6.07, 6.45) is -4.62. The third-order valence-corrected chi connectivity index (χ3v) is 2.60. The molecule has 0 saturated carbocycles. The van der Waals surface area contributed by atoms with Crippen molar-refractivity contribution in [1.82, 2.24) is 0 Å². The number of halogens is 3. The van der Waals surface area contributed by atoms with Gasteiger partial charge in [0, 0.05) is 12.7 Å². The van der Waals surface area contributed by atoms with E-state index in [0.717, 1.165) is 0 Å². The molecule has 1 aromatic rings. The van der Waals surface area contributed by atoms with E-state index >= 15 is 0 Å². The minimum Gasteiger partial charge on any atom is -0.478 e. The molecular weight excluding hydrogens is 291 g/mol. The largest absolute Gasteiger partial charge is 0.478 e. The highest BCUT2D eigenvalue weighted by Gasteiger charge is 2.27. The minimum absolute atomic E-state index is 0.0770. The van der Waals surface area contributed by atoms with Crippen molar-refractivity contribution in [3.63, 3.8) is 0 Å². The number of aromatic carboxylic acids is 1. The summed E-state index contributed by atoms with van der Waals surface area (Å²) < 4.78 is 39.9. The average Bonchev–Trinajstić information content (AvgIpc) is 2.41. The molecule has 0 saturated heterocycles. The number of carbonyl (C=O) groups excluding carboxylic acids is 1. The standard InChI is InChI=1S/C13H14F3NO4/c1-17(10-4-2-9(3-5-10)12(19)20)11(18)6-7-21-8-13(14,15)16/h2-5H,6-8H2,1H3,(H,19,20). The summed E-state index contributed by atoms with van der Waals surface area (Å²) in [5.74, 6) is -1.52. The Kier molecular flexibility index (Phi) is 5.71. The highest BCUT2D eigenvalue weighted by atomic mass is 19.4. The van der Waals surface area contributed by atoms with Crippen LogP contribution in [0.1, 0.15) is 16.8 Å². The normalized spacial score (nSPS) is 11.2. The smallest absolute Gasteiger partial charge is 0.411 e. The molecule has 0 unspecified atom stereocenters. The molecule has 8 heteroatoms. The van der Waals surface area contributed by atoms with E-state index < -0.39 is 24.7 Å². The zero-order valence-corrected chi connectivity index (χ0v) is 11.2. The van der Waals surface area contributed by atoms with Crippen LogP contribution in [0.3, 0.4) is 0 Å². The van der Waals surface area contributed by atoms with Crippen molar-refractivity contribution in [3.8, 4) is 0 Å². The second kappa shape index (κ2) is 7.07. The van der Waals surface area contributed by atoms with E-state index in [0.29, 0.717) is 5.69 Å². The van der Waals surface area contributed by atoms with Crippen LogP contribution in [-0.2, 0) is 9.53 Å². The van der Waals surface area contributed by atoms with Gasteiger partial charge in [0.1, 0.15) is 6.61 Å². The molecule has 1 N–H and O–H groups in total. The Morgan fingerprint density at radius 2 is 1.81 bits per heavy atom. The number of ether oxygens (including phenoxy) is 1. The van der Waals surface area contributed by atoms with E-state index in [4.69, 9.17) is 5.11 Å². The highest BCUT2D eigenvalue weighted by Crippen LogP contribution is 2.16. The number of rotatable bonds is 6. The molecule has 0 aromatic heterocycles. The van der Waals surface area contributed by atoms with Crippen molar-refractivity contribution < 1.29 is 32.6 Å². The second-order valence-electron chi connectivity index (χ2n) is 4.22. The minimum atomic E-state index is -4.42. The lowest BCUT2D eigenvalue weighted by atomic mass is 10.2. The van der Waals surface area contributed by atoms with Crippen molar-refractivity contribution in [3.05, 3.63) is 29.8 Å². The average molecular weight is 305 g/mol. The summed E-state index contributed by atoms with van der Waals surface area (Å²) >= 11 is 0. The van der Waals surface area contributed by atoms with E-state index in [-0.39, 0.29) is 18.6 Å². The van der Waals surface area contributed by atoms with Crippen molar-refractivity contribution in [1.29, 1.82) is 0 Å². The maximum Gasteiger partial charge on any atom is 0.411 e. The zero-order chi connectivity index (χ0) is 16.0. The van der Waals surface area contributed by atoms with Gasteiger partial charge >= 0.3 is 12.1 Å². The Morgan fingerprint density at radius 3 is 2.29 bits per heavy atom. The second-order valence-corrected chi connectivity index (χ2v) is 4.22. The van der Waals surface area contributed by atoms with E-state index in [9.17, 15) is 22.8 Å². The maximum absolute atomic E-state index is 11.8. The van der Waals surface area contributed by atoms with Gasteiger partial charge in [0.2, 0.25) is 5.91 Å². The first kappa shape index (κ1) is 17.0. The lowest BCUT2D eigenvalue weighted by Gasteiger charge is -2.17. The maximum atomic E-state index is 11.8. The number of benzene rings is 1. The van der Waals surface area contributed by atoms with Crippen molar-refractivity contribution >= 4 is 17.6 Å². The van der Waals surface area contributed by atoms with E-state index in [1.165, 1.54) is 36.2 Å². The Labute approximate surface area is 118 Å². The van der Waals surface area contributed by atoms with Gasteiger partial charge in [-0.15, -0.1) is 0 Å². The van der Waals surface area contributed by atoms with Crippen LogP contribution in [0.5, 0.6) is 0 Å². The van der Waals surface area contributed by atoms with Crippen LogP contribution in [0.2, 0.25) is 0 Å². The molecule has 0 fully saturated rings. The van der Waals surface area contributed by atoms with Gasteiger partial charge < -0.3 is 14.7 Å². The summed E-state index contributed by atoms with van der Waals surface area (Å²) in [5, 5.41) is 8.74. The van der Waals surface area contributed by atoms with Crippen LogP contribution in [-0.4, -0.2) is 43.4 Å². The highest BCUT2D eigenvalue weighted by molar-refractivity contribution is 5.94. The van der Waals surface area contributed by atoms with Gasteiger partial charge in [-0.2, -0.15) is 13.2 Å². The molecule has 1 amide bonds. The number of carboxylic acid groups (broad SMARTS) is 1. The summed E-state index contributed by atoms with van der Waals surface area (Å²) in [6.45, 7) is -1.73. The van der Waals surface area contributed by atoms with Gasteiger partial charge in [0.15, 0.2) is 0 Å². The summed E-state index contributed by atoms with van der Waals surface area (Å²) in [4.78, 5) is 23.6. The Morgan fingerprint density at radius 1 is 1.24 bits per heavy atom. The number of nitrogens with zero attached hydrogens (tertiary/aromatic N) is 1. The van der Waals surface area contributed by atoms with E-state index in [2.05, 4.69) is 4.74 Å². The molecule has 0 spiro atoms. The fourth-order valence-corrected chi connectivity index (χ4v) is 1.49. The lowest BCUT2D eigenvalue weighted by Crippen LogP contribution is -2.28. The van der Waals surface area contributed by atoms with Crippen molar-refractivity contribution in [2.75, 3.05) is 25.2 Å². The fourth-order valence-electron chi connectivity index (χ4n) is 1.49. The Bertz CT molecular complexity index is 499. The number of carboxylic acids is 1. The van der Waals surface area contributed by atoms with Crippen molar-refractivity contribution in [2.24, 2.45) is 0 Å². The van der Waals surface area contributed by atoms with E-state index in [1.807, 2.05) is 0 Å². The molecule has 116 valence electrons. The van der Waals surface area contributed by atoms with Crippen molar-refractivity contribution in [2.45, 2.75) is 12.6 Å². The topological polar surface area (TPSA) is 66.8 Å². The number of hydrogen-bond acceptors (Lipinski definition) is 3. The Balaban J connectivity index is 2.48. The summed E-state index contributed by atoms with van der Waals surface area (Å²) in [5.41, 5.74) is 0.522. The molecule has 0 bridgehead atoms. The van der Waals surface area contributed by atoms with Gasteiger partial charge in [-0.05, 0) is 24.3 Å². The SMILES string of the molecule is CN(C(=O)CCOCC(F)(F)F)c1ccc(C(=O)O)cc1. The lowest BCUT2D eigenvalue weighted by molar-refractivity contribution is -0.174. The van der Waals surface area contributed by atoms with Gasteiger partial charge in [0.05, 0.1) is 18.6 Å². The molecular formula is C13H14F3NO4. The summed E-state index contributed by atoms with van der Waals surface area (Å²) in [7, 11) is 1.45. The van der Waals surface area contributed by atoms with Crippen LogP contribution in [0.25, 0.3) is 0 Å². The summed E-state index contributed by atoms with van der Waals surface area (Å²) in [6, 6.07) is 5.55. The first-order valence-corrected chi connectivity index (χ1v) is 5.95. The number of alkyl halides is 3. The van der Waals surface area contributed by atoms with Crippen LogP contribution in [0, 0.1) is 0 Å². The van der Waals surface area contributed by atoms with Crippen LogP contribution in [0.4, 0.5) is 18.9 Å². The first-order chi connectivity index (χ1) is 9.70. The first-order valence-electron chi connectivity index (χ1n) is 5.95. The third kappa shape index (κ3) is 5.82. The molecule has 0 radical (unpaired) electrons. The molecule has 0 aliphatic carbocycles. The zero-order valence-electron chi connectivity index (χ0n) is 11.2. The number of anilines is 1. The molecule has 0 atom stereocenters. The molecule has 5 nitrogen and oxygen atoms in total. The number of amides is 1. The molecule has 1 rings (SSSR count). The van der Waals surface area contributed by atoms with Crippen LogP contribution >= 0.6 is 0 Å². The van der Waals surface area contributed by atoms with Gasteiger partial charge in [-0.3, -0.25) is 4.79 Å². The molecule has 0 heterocycles. The molecule has 1 aromatic carbocycles. The van der Waals surface area contributed by atoms with Crippen LogP contribution in [0.15, 0.2) is 24.3 Å². The number of hydrogen-bond donors (Lipinski definition) is 1. The van der Waals surface area contributed by atoms with Gasteiger partial charge in [0.25, 0.3) is 0 Å². The molecule has 0 aliphatic rings. The van der Waals surface area contributed by atoms with Gasteiger partial charge in [-0.25, -0.2) is 4.79 Å². The third-order valence-electron chi connectivity index (χ3n) is 2.60. The van der Waals surface area contributed by atoms with E-state index in [1.54, 1.807) is 0 Å². The molecule has 0 aliphatic heterocycles. The molecule has 21 heavy (non-hydrogen) atoms. The predicted molar refractivity (Wildman–Crippen MR) is 68.3 cm³/mol. The quantitative estimate of drug-likeness (QED) is 0.819. The fraction of sp³-hybridized carbons (Fsp3) is 0.385. The monoisotopic (exact) mass is 305 g/mol. The predicted octanol–water partition coefficient (Wildman–Crippen LogP) is 2.32.